The van der Waals surface area contributed by atoms with Crippen LogP contribution in [-0.4, -0.2) is 13.4 Å². The summed E-state index contributed by atoms with van der Waals surface area (Å²) in [5, 5.41) is 4.02. The zero-order valence-corrected chi connectivity index (χ0v) is 8.69. The number of alkyl halides is 2. The number of nitrogen functional groups attached to an aromatic ring is 1. The van der Waals surface area contributed by atoms with Gasteiger partial charge >= 0.3 is 0 Å². The number of rotatable bonds is 2. The minimum atomic E-state index is -4.25. The van der Waals surface area contributed by atoms with Crippen molar-refractivity contribution in [3.63, 3.8) is 0 Å². The third kappa shape index (κ3) is 2.33. The third-order valence-electron chi connectivity index (χ3n) is 1.52. The highest BCUT2D eigenvalue weighted by molar-refractivity contribution is 7.89. The smallest absolute Gasteiger partial charge is 0.281 e. The molecule has 5 nitrogen and oxygen atoms in total. The van der Waals surface area contributed by atoms with E-state index < -0.39 is 32.1 Å². The van der Waals surface area contributed by atoms with Gasteiger partial charge in [0.25, 0.3) is 6.43 Å². The van der Waals surface area contributed by atoms with Crippen molar-refractivity contribution in [2.45, 2.75) is 11.3 Å². The molecule has 0 aliphatic heterocycles. The van der Waals surface area contributed by atoms with E-state index in [4.69, 9.17) is 22.5 Å². The van der Waals surface area contributed by atoms with Crippen molar-refractivity contribution in [3.8, 4) is 0 Å². The summed E-state index contributed by atoms with van der Waals surface area (Å²) in [5.41, 5.74) is 3.99. The molecular formula is C6H6ClF2N3O2S. The maximum atomic E-state index is 12.3. The molecule has 84 valence electrons. The van der Waals surface area contributed by atoms with Gasteiger partial charge in [0.15, 0.2) is 0 Å². The van der Waals surface area contributed by atoms with Crippen LogP contribution in [0.1, 0.15) is 12.1 Å². The highest BCUT2D eigenvalue weighted by Crippen LogP contribution is 2.33. The van der Waals surface area contributed by atoms with Gasteiger partial charge in [-0.1, -0.05) is 11.6 Å². The lowest BCUT2D eigenvalue weighted by molar-refractivity contribution is 0.146. The van der Waals surface area contributed by atoms with E-state index in [0.717, 1.165) is 6.20 Å². The summed E-state index contributed by atoms with van der Waals surface area (Å²) < 4.78 is 46.6. The Bertz CT molecular complexity index is 491. The summed E-state index contributed by atoms with van der Waals surface area (Å²) in [4.78, 5) is 2.50. The van der Waals surface area contributed by atoms with Crippen LogP contribution in [0.15, 0.2) is 11.1 Å². The van der Waals surface area contributed by atoms with Gasteiger partial charge in [0.2, 0.25) is 10.0 Å². The van der Waals surface area contributed by atoms with E-state index in [1.54, 1.807) is 0 Å². The van der Waals surface area contributed by atoms with Crippen molar-refractivity contribution < 1.29 is 17.2 Å². The Morgan fingerprint density at radius 3 is 2.40 bits per heavy atom. The number of pyridine rings is 1. The van der Waals surface area contributed by atoms with Crippen molar-refractivity contribution in [2.24, 2.45) is 5.14 Å². The lowest BCUT2D eigenvalue weighted by Gasteiger charge is -2.08. The molecule has 4 N–H and O–H groups in total. The molecular weight excluding hydrogens is 252 g/mol. The second kappa shape index (κ2) is 3.87. The lowest BCUT2D eigenvalue weighted by atomic mass is 10.3. The fraction of sp³-hybridized carbons (Fsp3) is 0.167. The summed E-state index contributed by atoms with van der Waals surface area (Å²) in [7, 11) is -4.25. The van der Waals surface area contributed by atoms with E-state index in [2.05, 4.69) is 4.98 Å². The van der Waals surface area contributed by atoms with E-state index in [1.807, 2.05) is 0 Å². The second-order valence-corrected chi connectivity index (χ2v) is 4.46. The van der Waals surface area contributed by atoms with Gasteiger partial charge in [-0.25, -0.2) is 22.3 Å². The summed E-state index contributed by atoms with van der Waals surface area (Å²) in [6, 6.07) is 0. The van der Waals surface area contributed by atoms with Gasteiger partial charge in [0.05, 0.1) is 16.9 Å². The molecule has 0 aliphatic carbocycles. The molecule has 0 atom stereocenters. The number of sulfonamides is 1. The Balaban J connectivity index is 3.59. The van der Waals surface area contributed by atoms with Crippen molar-refractivity contribution in [3.05, 3.63) is 16.9 Å². The van der Waals surface area contributed by atoms with Crippen LogP contribution in [0.5, 0.6) is 0 Å². The lowest BCUT2D eigenvalue weighted by Crippen LogP contribution is -2.16. The van der Waals surface area contributed by atoms with E-state index in [0.29, 0.717) is 0 Å². The van der Waals surface area contributed by atoms with Crippen LogP contribution >= 0.6 is 11.6 Å². The van der Waals surface area contributed by atoms with Gasteiger partial charge < -0.3 is 5.73 Å². The molecule has 0 saturated heterocycles. The average Bonchev–Trinajstić information content (AvgIpc) is 2.00. The summed E-state index contributed by atoms with van der Waals surface area (Å²) in [6.45, 7) is 0. The summed E-state index contributed by atoms with van der Waals surface area (Å²) in [6.07, 6.45) is -2.23. The Hall–Kier alpha value is -0.990. The van der Waals surface area contributed by atoms with Crippen LogP contribution in [0.4, 0.5) is 14.5 Å². The molecule has 0 amide bonds. The molecule has 15 heavy (non-hydrogen) atoms. The topological polar surface area (TPSA) is 99.1 Å². The van der Waals surface area contributed by atoms with Crippen LogP contribution in [0.25, 0.3) is 0 Å². The molecule has 1 heterocycles. The fourth-order valence-electron chi connectivity index (χ4n) is 0.939. The molecule has 0 aliphatic rings. The first-order valence-electron chi connectivity index (χ1n) is 3.50. The quantitative estimate of drug-likeness (QED) is 0.822. The zero-order chi connectivity index (χ0) is 11.8. The average molecular weight is 258 g/mol. The van der Waals surface area contributed by atoms with Crippen LogP contribution in [0, 0.1) is 0 Å². The number of primary sulfonamides is 1. The molecule has 0 fully saturated rings. The van der Waals surface area contributed by atoms with Crippen molar-refractivity contribution in [1.29, 1.82) is 0 Å². The van der Waals surface area contributed by atoms with E-state index in [9.17, 15) is 17.2 Å². The standard InChI is InChI=1S/C6H6ClF2N3O2S/c7-3-4(6(8)9)12-1-2(10)5(3)15(11,13)14/h1,6H,10H2,(H2,11,13,14). The van der Waals surface area contributed by atoms with E-state index in [-0.39, 0.29) is 5.69 Å². The zero-order valence-electron chi connectivity index (χ0n) is 7.12. The first-order chi connectivity index (χ1) is 6.75. The van der Waals surface area contributed by atoms with Gasteiger partial charge in [-0.2, -0.15) is 0 Å². The minimum absolute atomic E-state index is 0.369. The largest absolute Gasteiger partial charge is 0.396 e. The van der Waals surface area contributed by atoms with Crippen LogP contribution in [0.2, 0.25) is 5.02 Å². The molecule has 0 radical (unpaired) electrons. The molecule has 1 aromatic rings. The Morgan fingerprint density at radius 1 is 1.47 bits per heavy atom. The molecule has 0 saturated carbocycles. The van der Waals surface area contributed by atoms with Crippen LogP contribution < -0.4 is 10.9 Å². The van der Waals surface area contributed by atoms with Gasteiger partial charge in [0, 0.05) is 0 Å². The SMILES string of the molecule is Nc1cnc(C(F)F)c(Cl)c1S(N)(=O)=O. The number of hydrogen-bond acceptors (Lipinski definition) is 4. The molecule has 0 aromatic carbocycles. The van der Waals surface area contributed by atoms with Gasteiger partial charge in [-0.05, 0) is 0 Å². The number of halogens is 3. The third-order valence-corrected chi connectivity index (χ3v) is 3.02. The first-order valence-corrected chi connectivity index (χ1v) is 5.42. The summed E-state index contributed by atoms with van der Waals surface area (Å²) >= 11 is 5.41. The second-order valence-electron chi connectivity index (χ2n) is 2.59. The highest BCUT2D eigenvalue weighted by atomic mass is 35.5. The van der Waals surface area contributed by atoms with Crippen molar-refractivity contribution in [2.75, 3.05) is 5.73 Å². The van der Waals surface area contributed by atoms with Gasteiger partial charge in [-0.15, -0.1) is 0 Å². The Morgan fingerprint density at radius 2 is 2.00 bits per heavy atom. The number of hydrogen-bond donors (Lipinski definition) is 2. The Kier molecular flexibility index (Phi) is 3.12. The number of nitrogens with two attached hydrogens (primary N) is 2. The molecule has 1 aromatic heterocycles. The maximum absolute atomic E-state index is 12.3. The van der Waals surface area contributed by atoms with E-state index >= 15 is 0 Å². The van der Waals surface area contributed by atoms with Crippen LogP contribution in [0.3, 0.4) is 0 Å². The fourth-order valence-corrected chi connectivity index (χ4v) is 2.24. The number of anilines is 1. The molecule has 1 rings (SSSR count). The van der Waals surface area contributed by atoms with Gasteiger partial charge in [-0.3, -0.25) is 4.98 Å². The van der Waals surface area contributed by atoms with Crippen molar-refractivity contribution >= 4 is 27.3 Å². The predicted octanol–water partition coefficient (Wildman–Crippen LogP) is 0.902. The normalized spacial score (nSPS) is 12.1. The molecule has 0 spiro atoms. The molecule has 0 unspecified atom stereocenters. The minimum Gasteiger partial charge on any atom is -0.396 e. The Labute approximate surface area is 89.1 Å². The summed E-state index contributed by atoms with van der Waals surface area (Å²) in [5.74, 6) is 0. The highest BCUT2D eigenvalue weighted by Gasteiger charge is 2.24. The predicted molar refractivity (Wildman–Crippen MR) is 50.0 cm³/mol. The number of nitrogens with zero attached hydrogens (tertiary/aromatic N) is 1. The van der Waals surface area contributed by atoms with Crippen molar-refractivity contribution in [1.82, 2.24) is 4.98 Å². The monoisotopic (exact) mass is 257 g/mol. The molecule has 0 bridgehead atoms. The molecule has 9 heteroatoms. The van der Waals surface area contributed by atoms with Crippen LogP contribution in [-0.2, 0) is 10.0 Å². The van der Waals surface area contributed by atoms with E-state index in [1.165, 1.54) is 0 Å². The maximum Gasteiger partial charge on any atom is 0.281 e. The number of aromatic nitrogens is 1. The first kappa shape index (κ1) is 12.1. The van der Waals surface area contributed by atoms with Gasteiger partial charge in [0.1, 0.15) is 10.6 Å².